The molecule has 1 atom stereocenters. The monoisotopic (exact) mass is 218 g/mol. The van der Waals surface area contributed by atoms with Crippen LogP contribution in [-0.4, -0.2) is 9.75 Å². The molecule has 2 N–H and O–H groups in total. The molecule has 1 rings (SSSR count). The third kappa shape index (κ3) is 1.80. The Kier molecular flexibility index (Phi) is 2.28. The van der Waals surface area contributed by atoms with Gasteiger partial charge in [-0.05, 0) is 6.08 Å². The van der Waals surface area contributed by atoms with Gasteiger partial charge in [0.05, 0.1) is 11.3 Å². The average Bonchev–Trinajstić information content (AvgIpc) is 1.94. The third-order valence-corrected chi connectivity index (χ3v) is 2.06. The molecule has 60 valence electrons. The lowest BCUT2D eigenvalue weighted by Gasteiger charge is -2.08. The van der Waals surface area contributed by atoms with Crippen molar-refractivity contribution in [1.29, 1.82) is 0 Å². The molecule has 0 spiro atoms. The fraction of sp³-hybridized carbons (Fsp3) is 0.333. The first-order valence-electron chi connectivity index (χ1n) is 3.06. The van der Waals surface area contributed by atoms with Crippen molar-refractivity contribution >= 4 is 15.9 Å². The van der Waals surface area contributed by atoms with Gasteiger partial charge in [0.15, 0.2) is 0 Å². The summed E-state index contributed by atoms with van der Waals surface area (Å²) >= 11 is 3.24. The minimum Gasteiger partial charge on any atom is -0.393 e. The van der Waals surface area contributed by atoms with Crippen molar-refractivity contribution in [3.8, 4) is 0 Å². The molecule has 1 aliphatic carbocycles. The Morgan fingerprint density at radius 1 is 1.82 bits per heavy atom. The van der Waals surface area contributed by atoms with Crippen LogP contribution in [0, 0.1) is 10.1 Å². The van der Waals surface area contributed by atoms with Crippen molar-refractivity contribution in [1.82, 2.24) is 0 Å². The van der Waals surface area contributed by atoms with Crippen molar-refractivity contribution < 1.29 is 4.92 Å². The summed E-state index contributed by atoms with van der Waals surface area (Å²) in [6.45, 7) is 0. The average molecular weight is 219 g/mol. The molecule has 4 nitrogen and oxygen atoms in total. The molecule has 0 saturated heterocycles. The van der Waals surface area contributed by atoms with E-state index in [9.17, 15) is 10.1 Å². The maximum Gasteiger partial charge on any atom is 0.270 e. The van der Waals surface area contributed by atoms with E-state index in [1.807, 2.05) is 0 Å². The highest BCUT2D eigenvalue weighted by atomic mass is 79.9. The summed E-state index contributed by atoms with van der Waals surface area (Å²) < 4.78 is 0. The number of allylic oxidation sites excluding steroid dienone is 3. The molecule has 0 aliphatic heterocycles. The van der Waals surface area contributed by atoms with Gasteiger partial charge in [-0.3, -0.25) is 10.1 Å². The summed E-state index contributed by atoms with van der Waals surface area (Å²) in [6.07, 6.45) is 3.71. The third-order valence-electron chi connectivity index (χ3n) is 1.43. The number of halogens is 1. The topological polar surface area (TPSA) is 69.2 Å². The van der Waals surface area contributed by atoms with E-state index in [0.717, 1.165) is 0 Å². The van der Waals surface area contributed by atoms with E-state index in [1.165, 1.54) is 0 Å². The minimum atomic E-state index is -0.437. The van der Waals surface area contributed by atoms with Gasteiger partial charge in [-0.15, -0.1) is 0 Å². The summed E-state index contributed by atoms with van der Waals surface area (Å²) in [6, 6.07) is 0. The molecule has 1 aliphatic rings. The zero-order valence-electron chi connectivity index (χ0n) is 5.66. The number of hydrogen-bond donors (Lipinski definition) is 1. The van der Waals surface area contributed by atoms with Crippen LogP contribution >= 0.6 is 15.9 Å². The summed E-state index contributed by atoms with van der Waals surface area (Å²) in [4.78, 5) is 9.92. The van der Waals surface area contributed by atoms with Gasteiger partial charge in [0.2, 0.25) is 0 Å². The number of rotatable bonds is 1. The van der Waals surface area contributed by atoms with E-state index >= 15 is 0 Å². The Morgan fingerprint density at radius 2 is 2.45 bits per heavy atom. The van der Waals surface area contributed by atoms with Gasteiger partial charge in [-0.1, -0.05) is 22.0 Å². The molecular weight excluding hydrogens is 212 g/mol. The lowest BCUT2D eigenvalue weighted by atomic mass is 10.1. The Bertz CT molecular complexity index is 247. The fourth-order valence-corrected chi connectivity index (χ4v) is 1.31. The van der Waals surface area contributed by atoms with Crippen LogP contribution in [0.1, 0.15) is 6.42 Å². The van der Waals surface area contributed by atoms with Crippen LogP contribution in [0.2, 0.25) is 0 Å². The van der Waals surface area contributed by atoms with E-state index in [1.54, 1.807) is 12.2 Å². The van der Waals surface area contributed by atoms with Gasteiger partial charge in [-0.25, -0.2) is 0 Å². The molecule has 1 unspecified atom stereocenters. The normalized spacial score (nSPS) is 23.9. The Labute approximate surface area is 72.0 Å². The SMILES string of the molecule is NC1=C([N+](=O)[O-])CC(Br)C=C1. The number of hydrogen-bond acceptors (Lipinski definition) is 3. The smallest absolute Gasteiger partial charge is 0.270 e. The zero-order valence-corrected chi connectivity index (χ0v) is 7.24. The summed E-state index contributed by atoms with van der Waals surface area (Å²) in [7, 11) is 0. The van der Waals surface area contributed by atoms with Gasteiger partial charge >= 0.3 is 0 Å². The molecule has 0 saturated carbocycles. The molecule has 5 heteroatoms. The molecule has 0 heterocycles. The Hall–Kier alpha value is -0.840. The van der Waals surface area contributed by atoms with E-state index in [0.29, 0.717) is 6.42 Å². The van der Waals surface area contributed by atoms with Crippen molar-refractivity contribution in [3.05, 3.63) is 33.7 Å². The Morgan fingerprint density at radius 3 is 2.91 bits per heavy atom. The van der Waals surface area contributed by atoms with Crippen LogP contribution in [0.5, 0.6) is 0 Å². The first-order chi connectivity index (χ1) is 5.11. The maximum atomic E-state index is 10.3. The van der Waals surface area contributed by atoms with Crippen molar-refractivity contribution in [3.63, 3.8) is 0 Å². The van der Waals surface area contributed by atoms with E-state index in [-0.39, 0.29) is 16.2 Å². The van der Waals surface area contributed by atoms with Crippen LogP contribution in [0.25, 0.3) is 0 Å². The van der Waals surface area contributed by atoms with Crippen LogP contribution < -0.4 is 5.73 Å². The lowest BCUT2D eigenvalue weighted by molar-refractivity contribution is -0.428. The van der Waals surface area contributed by atoms with Gasteiger partial charge in [0.25, 0.3) is 5.70 Å². The van der Waals surface area contributed by atoms with Crippen LogP contribution in [-0.2, 0) is 0 Å². The van der Waals surface area contributed by atoms with Gasteiger partial charge in [-0.2, -0.15) is 0 Å². The molecule has 0 bridgehead atoms. The maximum absolute atomic E-state index is 10.3. The van der Waals surface area contributed by atoms with E-state index < -0.39 is 4.92 Å². The van der Waals surface area contributed by atoms with Crippen LogP contribution in [0.4, 0.5) is 0 Å². The second-order valence-electron chi connectivity index (χ2n) is 2.24. The fourth-order valence-electron chi connectivity index (χ4n) is 0.855. The lowest BCUT2D eigenvalue weighted by Crippen LogP contribution is -2.15. The van der Waals surface area contributed by atoms with Crippen molar-refractivity contribution in [2.24, 2.45) is 5.73 Å². The molecule has 11 heavy (non-hydrogen) atoms. The van der Waals surface area contributed by atoms with E-state index in [4.69, 9.17) is 5.73 Å². The molecule has 0 aromatic carbocycles. The number of nitrogens with zero attached hydrogens (tertiary/aromatic N) is 1. The summed E-state index contributed by atoms with van der Waals surface area (Å²) in [5.74, 6) is 0. The second-order valence-corrected chi connectivity index (χ2v) is 3.41. The predicted molar refractivity (Wildman–Crippen MR) is 44.7 cm³/mol. The first-order valence-corrected chi connectivity index (χ1v) is 3.98. The van der Waals surface area contributed by atoms with Crippen LogP contribution in [0.15, 0.2) is 23.5 Å². The largest absolute Gasteiger partial charge is 0.393 e. The number of nitrogens with two attached hydrogens (primary N) is 1. The molecule has 0 fully saturated rings. The van der Waals surface area contributed by atoms with Crippen molar-refractivity contribution in [2.75, 3.05) is 0 Å². The van der Waals surface area contributed by atoms with Gasteiger partial charge in [0, 0.05) is 4.83 Å². The predicted octanol–water partition coefficient (Wildman–Crippen LogP) is 1.16. The summed E-state index contributed by atoms with van der Waals surface area (Å²) in [5.41, 5.74) is 5.72. The zero-order chi connectivity index (χ0) is 8.43. The highest BCUT2D eigenvalue weighted by Crippen LogP contribution is 2.21. The number of nitro groups is 1. The highest BCUT2D eigenvalue weighted by Gasteiger charge is 2.21. The van der Waals surface area contributed by atoms with Gasteiger partial charge < -0.3 is 5.73 Å². The van der Waals surface area contributed by atoms with E-state index in [2.05, 4.69) is 15.9 Å². The van der Waals surface area contributed by atoms with Crippen LogP contribution in [0.3, 0.4) is 0 Å². The minimum absolute atomic E-state index is 0.0372. The quantitative estimate of drug-likeness (QED) is 0.408. The highest BCUT2D eigenvalue weighted by molar-refractivity contribution is 9.09. The molecule has 0 aromatic rings. The standard InChI is InChI=1S/C6H7BrN2O2/c7-4-1-2-5(8)6(3-4)9(10)11/h1-2,4H,3,8H2. The first kappa shape index (κ1) is 8.26. The summed E-state index contributed by atoms with van der Waals surface area (Å²) in [5, 5.41) is 10.3. The second kappa shape index (κ2) is 3.04. The number of alkyl halides is 1. The van der Waals surface area contributed by atoms with Gasteiger partial charge in [0.1, 0.15) is 5.70 Å². The Balaban J connectivity index is 2.90. The van der Waals surface area contributed by atoms with Crippen molar-refractivity contribution in [2.45, 2.75) is 11.2 Å². The molecule has 0 aromatic heterocycles. The molecule has 0 amide bonds. The molecular formula is C6H7BrN2O2. The molecule has 0 radical (unpaired) electrons.